The van der Waals surface area contributed by atoms with E-state index in [1.165, 1.54) is 0 Å². The number of benzene rings is 7. The molecule has 4 heterocycles. The molecule has 0 saturated carbocycles. The maximum Gasteiger partial charge on any atom is 0.238 e. The van der Waals surface area contributed by atoms with E-state index in [0.717, 1.165) is 82.8 Å². The van der Waals surface area contributed by atoms with E-state index in [9.17, 15) is 0 Å². The van der Waals surface area contributed by atoms with Crippen LogP contribution in [-0.4, -0.2) is 29.1 Å². The van der Waals surface area contributed by atoms with Crippen molar-refractivity contribution in [2.75, 3.05) is 0 Å². The molecule has 11 rings (SSSR count). The van der Waals surface area contributed by atoms with Crippen LogP contribution in [0.2, 0.25) is 0 Å². The number of hydrogen-bond acceptors (Lipinski definition) is 3. The van der Waals surface area contributed by atoms with Gasteiger partial charge in [-0.25, -0.2) is 4.98 Å². The monoisotopic (exact) mass is 704 g/mol. The van der Waals surface area contributed by atoms with Crippen LogP contribution >= 0.6 is 0 Å². The number of aromatic nitrogens is 6. The van der Waals surface area contributed by atoms with Crippen LogP contribution in [0.4, 0.5) is 0 Å². The van der Waals surface area contributed by atoms with Crippen LogP contribution in [0.3, 0.4) is 0 Å². The molecule has 11 aromatic rings. The molecule has 0 saturated heterocycles. The Hall–Kier alpha value is -7.57. The normalized spacial score (nSPS) is 11.6. The molecule has 55 heavy (non-hydrogen) atoms. The van der Waals surface area contributed by atoms with Crippen molar-refractivity contribution in [3.05, 3.63) is 188 Å². The Morgan fingerprint density at radius 3 is 1.65 bits per heavy atom. The topological polar surface area (TPSA) is 64.3 Å². The second kappa shape index (κ2) is 12.5. The van der Waals surface area contributed by atoms with E-state index < -0.39 is 0 Å². The van der Waals surface area contributed by atoms with Crippen LogP contribution in [0.5, 0.6) is 0 Å². The maximum atomic E-state index is 5.35. The smallest absolute Gasteiger partial charge is 0.238 e. The van der Waals surface area contributed by atoms with Gasteiger partial charge >= 0.3 is 0 Å². The number of nitrogens with zero attached hydrogens (tertiary/aromatic N) is 5. The lowest BCUT2D eigenvalue weighted by atomic mass is 10.0. The number of rotatable bonds is 6. The highest BCUT2D eigenvalue weighted by molar-refractivity contribution is 6.23. The predicted octanol–water partition coefficient (Wildman–Crippen LogP) is 12.1. The van der Waals surface area contributed by atoms with Gasteiger partial charge in [-0.2, -0.15) is 9.97 Å². The number of para-hydroxylation sites is 2. The predicted molar refractivity (Wildman–Crippen MR) is 225 cm³/mol. The first-order valence-electron chi connectivity index (χ1n) is 18.5. The van der Waals surface area contributed by atoms with E-state index in [1.54, 1.807) is 0 Å². The largest absolute Gasteiger partial charge is 0.347 e. The molecular formula is C49H32N6. The molecule has 0 unspecified atom stereocenters. The molecule has 7 aromatic carbocycles. The summed E-state index contributed by atoms with van der Waals surface area (Å²) in [5.74, 6) is 1.77. The molecule has 0 radical (unpaired) electrons. The lowest BCUT2D eigenvalue weighted by Crippen LogP contribution is -2.07. The summed E-state index contributed by atoms with van der Waals surface area (Å²) in [5, 5.41) is 4.57. The Morgan fingerprint density at radius 1 is 0.364 bits per heavy atom. The summed E-state index contributed by atoms with van der Waals surface area (Å²) < 4.78 is 4.57. The Balaban J connectivity index is 1.21. The van der Waals surface area contributed by atoms with Gasteiger partial charge in [0.25, 0.3) is 0 Å². The van der Waals surface area contributed by atoms with Gasteiger partial charge in [0.15, 0.2) is 11.6 Å². The SMILES string of the molecule is c1ccc(-c2ccc(-c3nc(-c4cccc(-c5ccccc5)c4)nc(-n4c5ccccc5c5ccc6c7cc[nH]c7n(-c7ccccc7)c6c54)n3)cc2)cc1. The van der Waals surface area contributed by atoms with Crippen LogP contribution in [-0.2, 0) is 0 Å². The third-order valence-electron chi connectivity index (χ3n) is 10.6. The zero-order valence-corrected chi connectivity index (χ0v) is 29.6. The molecule has 0 bridgehead atoms. The quantitative estimate of drug-likeness (QED) is 0.187. The summed E-state index contributed by atoms with van der Waals surface area (Å²) >= 11 is 0. The van der Waals surface area contributed by atoms with Gasteiger partial charge in [-0.3, -0.25) is 9.13 Å². The van der Waals surface area contributed by atoms with Crippen LogP contribution < -0.4 is 0 Å². The number of hydrogen-bond donors (Lipinski definition) is 1. The van der Waals surface area contributed by atoms with Crippen LogP contribution in [0.1, 0.15) is 0 Å². The van der Waals surface area contributed by atoms with Crippen molar-refractivity contribution >= 4 is 43.7 Å². The van der Waals surface area contributed by atoms with Gasteiger partial charge in [0.1, 0.15) is 5.65 Å². The van der Waals surface area contributed by atoms with E-state index in [-0.39, 0.29) is 0 Å². The first kappa shape index (κ1) is 31.0. The summed E-state index contributed by atoms with van der Waals surface area (Å²) in [6.45, 7) is 0. The van der Waals surface area contributed by atoms with Gasteiger partial charge < -0.3 is 4.98 Å². The van der Waals surface area contributed by atoms with E-state index in [4.69, 9.17) is 15.0 Å². The maximum absolute atomic E-state index is 5.35. The third-order valence-corrected chi connectivity index (χ3v) is 10.6. The first-order chi connectivity index (χ1) is 27.3. The molecule has 0 aliphatic rings. The van der Waals surface area contributed by atoms with E-state index >= 15 is 0 Å². The molecule has 6 nitrogen and oxygen atoms in total. The fourth-order valence-corrected chi connectivity index (χ4v) is 8.04. The van der Waals surface area contributed by atoms with Crippen molar-refractivity contribution in [2.24, 2.45) is 0 Å². The Bertz CT molecular complexity index is 3180. The van der Waals surface area contributed by atoms with Crippen molar-refractivity contribution in [1.29, 1.82) is 0 Å². The van der Waals surface area contributed by atoms with E-state index in [0.29, 0.717) is 17.6 Å². The molecule has 0 aliphatic heterocycles. The second-order valence-corrected chi connectivity index (χ2v) is 13.8. The fraction of sp³-hybridized carbons (Fsp3) is 0. The summed E-state index contributed by atoms with van der Waals surface area (Å²) in [6.07, 6.45) is 2.01. The average molecular weight is 705 g/mol. The lowest BCUT2D eigenvalue weighted by Gasteiger charge is -2.13. The lowest BCUT2D eigenvalue weighted by molar-refractivity contribution is 0.953. The van der Waals surface area contributed by atoms with Crippen molar-refractivity contribution < 1.29 is 0 Å². The fourth-order valence-electron chi connectivity index (χ4n) is 8.04. The molecule has 6 heteroatoms. The molecule has 0 atom stereocenters. The standard InChI is InChI=1S/C49H32N6/c1-4-13-32(14-5-1)34-23-25-35(26-24-34)46-51-47(37-18-12-17-36(31-37)33-15-6-2-7-16-33)53-49(52-46)55-43-22-11-10-21-39(43)40-27-28-41-42-29-30-50-48(42)54(44(41)45(40)55)38-19-8-3-9-20-38/h1-31,50H. The third kappa shape index (κ3) is 5.07. The van der Waals surface area contributed by atoms with Crippen LogP contribution in [0.15, 0.2) is 188 Å². The number of nitrogens with one attached hydrogen (secondary N) is 1. The minimum Gasteiger partial charge on any atom is -0.347 e. The zero-order valence-electron chi connectivity index (χ0n) is 29.6. The van der Waals surface area contributed by atoms with Crippen LogP contribution in [0, 0.1) is 0 Å². The number of H-pyrrole nitrogens is 1. The number of aromatic amines is 1. The molecule has 258 valence electrons. The van der Waals surface area contributed by atoms with E-state index in [2.05, 4.69) is 184 Å². The van der Waals surface area contributed by atoms with Gasteiger partial charge in [0.2, 0.25) is 5.95 Å². The van der Waals surface area contributed by atoms with E-state index in [1.807, 2.05) is 18.3 Å². The van der Waals surface area contributed by atoms with Gasteiger partial charge in [-0.05, 0) is 52.6 Å². The van der Waals surface area contributed by atoms with Crippen LogP contribution in [0.25, 0.3) is 100 Å². The molecular weight excluding hydrogens is 673 g/mol. The molecule has 0 amide bonds. The molecule has 0 aliphatic carbocycles. The van der Waals surface area contributed by atoms with Crippen molar-refractivity contribution in [3.8, 4) is 56.7 Å². The van der Waals surface area contributed by atoms with Gasteiger partial charge in [-0.1, -0.05) is 152 Å². The average Bonchev–Trinajstić information content (AvgIpc) is 3.96. The highest BCUT2D eigenvalue weighted by Gasteiger charge is 2.24. The first-order valence-corrected chi connectivity index (χ1v) is 18.5. The minimum atomic E-state index is 0.556. The van der Waals surface area contributed by atoms with Gasteiger partial charge in [0, 0.05) is 44.6 Å². The summed E-state index contributed by atoms with van der Waals surface area (Å²) in [5.41, 5.74) is 11.6. The number of fused-ring (bicyclic) bond motifs is 7. The Kier molecular flexibility index (Phi) is 7.07. The summed E-state index contributed by atoms with van der Waals surface area (Å²) in [6, 6.07) is 63.6. The summed E-state index contributed by atoms with van der Waals surface area (Å²) in [4.78, 5) is 19.4. The van der Waals surface area contributed by atoms with Crippen molar-refractivity contribution in [1.82, 2.24) is 29.1 Å². The highest BCUT2D eigenvalue weighted by atomic mass is 15.2. The Labute approximate surface area is 316 Å². The summed E-state index contributed by atoms with van der Waals surface area (Å²) in [7, 11) is 0. The molecule has 1 N–H and O–H groups in total. The second-order valence-electron chi connectivity index (χ2n) is 13.8. The van der Waals surface area contributed by atoms with Crippen molar-refractivity contribution in [3.63, 3.8) is 0 Å². The molecule has 0 fully saturated rings. The van der Waals surface area contributed by atoms with Gasteiger partial charge in [0.05, 0.1) is 16.6 Å². The highest BCUT2D eigenvalue weighted by Crippen LogP contribution is 2.41. The minimum absolute atomic E-state index is 0.556. The zero-order chi connectivity index (χ0) is 36.3. The van der Waals surface area contributed by atoms with Gasteiger partial charge in [-0.15, -0.1) is 0 Å². The Morgan fingerprint density at radius 2 is 0.909 bits per heavy atom. The molecule has 4 aromatic heterocycles. The molecule has 0 spiro atoms. The van der Waals surface area contributed by atoms with Crippen molar-refractivity contribution in [2.45, 2.75) is 0 Å².